The summed E-state index contributed by atoms with van der Waals surface area (Å²) >= 11 is 0. The van der Waals surface area contributed by atoms with Gasteiger partial charge >= 0.3 is 0 Å². The first kappa shape index (κ1) is 17.4. The minimum absolute atomic E-state index is 0.0169. The molecule has 3 rings (SSSR count). The molecule has 1 aliphatic rings. The topological polar surface area (TPSA) is 90.3 Å². The molecule has 1 amide bonds. The number of carbonyl (C=O) groups is 1. The number of ether oxygens (including phenoxy) is 1. The number of hydrogen-bond donors (Lipinski definition) is 1. The Hall–Kier alpha value is -2.42. The van der Waals surface area contributed by atoms with Gasteiger partial charge in [-0.15, -0.1) is 0 Å². The van der Waals surface area contributed by atoms with Gasteiger partial charge in [-0.25, -0.2) is 17.5 Å². The molecule has 0 spiro atoms. The number of benzene rings is 1. The molecule has 2 heterocycles. The van der Waals surface area contributed by atoms with E-state index in [0.717, 1.165) is 0 Å². The van der Waals surface area contributed by atoms with Crippen LogP contribution in [0, 0.1) is 12.7 Å². The van der Waals surface area contributed by atoms with Gasteiger partial charge in [0.1, 0.15) is 17.4 Å². The predicted molar refractivity (Wildman–Crippen MR) is 89.8 cm³/mol. The highest BCUT2D eigenvalue weighted by Crippen LogP contribution is 2.27. The Kier molecular flexibility index (Phi) is 4.76. The second-order valence-electron chi connectivity index (χ2n) is 5.96. The summed E-state index contributed by atoms with van der Waals surface area (Å²) < 4.78 is 43.0. The maximum atomic E-state index is 12.8. The van der Waals surface area contributed by atoms with Crippen LogP contribution in [0.25, 0.3) is 0 Å². The highest BCUT2D eigenvalue weighted by molar-refractivity contribution is 7.91. The monoisotopic (exact) mass is 367 g/mol. The molecule has 2 aromatic rings. The number of carbonyl (C=O) groups excluding carboxylic acids is 1. The Morgan fingerprint density at radius 3 is 2.76 bits per heavy atom. The maximum absolute atomic E-state index is 12.8. The van der Waals surface area contributed by atoms with E-state index in [2.05, 4.69) is 10.4 Å². The standard InChI is InChI=1S/C16H18FN3O4S/c1-11-8-15(20(19-11)13-6-7-25(22,23)10-13)18-16(21)9-24-14-4-2-12(17)3-5-14/h2-5,8,13H,6-7,9-10H2,1H3,(H,18,21)/t13-/m1/s1. The molecular weight excluding hydrogens is 349 g/mol. The molecule has 134 valence electrons. The third-order valence-electron chi connectivity index (χ3n) is 3.86. The lowest BCUT2D eigenvalue weighted by Gasteiger charge is -2.14. The number of aryl methyl sites for hydroxylation is 1. The molecule has 25 heavy (non-hydrogen) atoms. The van der Waals surface area contributed by atoms with Crippen LogP contribution in [0.5, 0.6) is 5.75 Å². The number of anilines is 1. The van der Waals surface area contributed by atoms with Gasteiger partial charge in [-0.05, 0) is 37.6 Å². The van der Waals surface area contributed by atoms with Crippen LogP contribution in [-0.2, 0) is 14.6 Å². The Bertz CT molecular complexity index is 877. The number of halogens is 1. The highest BCUT2D eigenvalue weighted by Gasteiger charge is 2.31. The average molecular weight is 367 g/mol. The Labute approximate surface area is 144 Å². The highest BCUT2D eigenvalue weighted by atomic mass is 32.2. The van der Waals surface area contributed by atoms with Crippen LogP contribution in [-0.4, -0.2) is 42.2 Å². The van der Waals surface area contributed by atoms with Gasteiger partial charge in [0, 0.05) is 6.07 Å². The van der Waals surface area contributed by atoms with Gasteiger partial charge in [-0.3, -0.25) is 4.79 Å². The minimum Gasteiger partial charge on any atom is -0.484 e. The number of rotatable bonds is 5. The lowest BCUT2D eigenvalue weighted by Crippen LogP contribution is -2.23. The van der Waals surface area contributed by atoms with Crippen LogP contribution < -0.4 is 10.1 Å². The van der Waals surface area contributed by atoms with Crippen molar-refractivity contribution >= 4 is 21.6 Å². The van der Waals surface area contributed by atoms with Crippen LogP contribution in [0.4, 0.5) is 10.2 Å². The molecule has 0 bridgehead atoms. The van der Waals surface area contributed by atoms with Gasteiger partial charge in [-0.1, -0.05) is 0 Å². The van der Waals surface area contributed by atoms with Crippen molar-refractivity contribution in [2.75, 3.05) is 23.4 Å². The number of hydrogen-bond acceptors (Lipinski definition) is 5. The van der Waals surface area contributed by atoms with Crippen LogP contribution in [0.3, 0.4) is 0 Å². The largest absolute Gasteiger partial charge is 0.484 e. The zero-order valence-corrected chi connectivity index (χ0v) is 14.4. The molecule has 1 aliphatic heterocycles. The summed E-state index contributed by atoms with van der Waals surface area (Å²) in [5, 5.41) is 6.98. The number of nitrogens with zero attached hydrogens (tertiary/aromatic N) is 2. The summed E-state index contributed by atoms with van der Waals surface area (Å²) in [5.74, 6) is 0.158. The van der Waals surface area contributed by atoms with Crippen LogP contribution in [0.15, 0.2) is 30.3 Å². The molecule has 0 radical (unpaired) electrons. The second-order valence-corrected chi connectivity index (χ2v) is 8.19. The number of sulfone groups is 1. The van der Waals surface area contributed by atoms with Crippen molar-refractivity contribution < 1.29 is 22.3 Å². The van der Waals surface area contributed by atoms with Gasteiger partial charge in [0.05, 0.1) is 23.2 Å². The molecule has 1 aromatic carbocycles. The fraction of sp³-hybridized carbons (Fsp3) is 0.375. The van der Waals surface area contributed by atoms with Crippen LogP contribution >= 0.6 is 0 Å². The molecule has 1 atom stereocenters. The SMILES string of the molecule is Cc1cc(NC(=O)COc2ccc(F)cc2)n([C@@H]2CCS(=O)(=O)C2)n1. The molecule has 9 heteroatoms. The van der Waals surface area contributed by atoms with Crippen molar-refractivity contribution in [1.82, 2.24) is 9.78 Å². The Morgan fingerprint density at radius 1 is 1.40 bits per heavy atom. The first-order valence-corrected chi connectivity index (χ1v) is 9.59. The molecule has 1 saturated heterocycles. The number of aromatic nitrogens is 2. The first-order chi connectivity index (χ1) is 11.8. The van der Waals surface area contributed by atoms with Crippen LogP contribution in [0.2, 0.25) is 0 Å². The summed E-state index contributed by atoms with van der Waals surface area (Å²) in [4.78, 5) is 12.1. The van der Waals surface area contributed by atoms with E-state index in [1.165, 1.54) is 24.3 Å². The van der Waals surface area contributed by atoms with Gasteiger partial charge in [0.2, 0.25) is 0 Å². The zero-order valence-electron chi connectivity index (χ0n) is 13.6. The third kappa shape index (κ3) is 4.36. The lowest BCUT2D eigenvalue weighted by molar-refractivity contribution is -0.118. The first-order valence-electron chi connectivity index (χ1n) is 7.77. The van der Waals surface area contributed by atoms with Crippen molar-refractivity contribution in [2.45, 2.75) is 19.4 Å². The van der Waals surface area contributed by atoms with Gasteiger partial charge in [-0.2, -0.15) is 5.10 Å². The Balaban J connectivity index is 1.64. The second kappa shape index (κ2) is 6.83. The van der Waals surface area contributed by atoms with Gasteiger partial charge in [0.25, 0.3) is 5.91 Å². The summed E-state index contributed by atoms with van der Waals surface area (Å²) in [6.45, 7) is 1.52. The van der Waals surface area contributed by atoms with Crippen molar-refractivity contribution in [1.29, 1.82) is 0 Å². The lowest BCUT2D eigenvalue weighted by atomic mass is 10.3. The fourth-order valence-electron chi connectivity index (χ4n) is 2.72. The van der Waals surface area contributed by atoms with E-state index < -0.39 is 15.7 Å². The minimum atomic E-state index is -3.06. The molecule has 0 saturated carbocycles. The van der Waals surface area contributed by atoms with E-state index in [1.807, 2.05) is 0 Å². The van der Waals surface area contributed by atoms with Gasteiger partial charge in [0.15, 0.2) is 16.4 Å². The van der Waals surface area contributed by atoms with Crippen molar-refractivity contribution in [3.8, 4) is 5.75 Å². The van der Waals surface area contributed by atoms with Crippen molar-refractivity contribution in [2.24, 2.45) is 0 Å². The molecule has 0 unspecified atom stereocenters. The summed E-state index contributed by atoms with van der Waals surface area (Å²) in [7, 11) is -3.06. The summed E-state index contributed by atoms with van der Waals surface area (Å²) in [6, 6.07) is 6.74. The van der Waals surface area contributed by atoms with E-state index >= 15 is 0 Å². The predicted octanol–water partition coefficient (Wildman–Crippen LogP) is 1.71. The summed E-state index contributed by atoms with van der Waals surface area (Å²) in [6.07, 6.45) is 0.471. The number of amides is 1. The normalized spacial score (nSPS) is 18.9. The maximum Gasteiger partial charge on any atom is 0.263 e. The van der Waals surface area contributed by atoms with E-state index in [4.69, 9.17) is 4.74 Å². The molecule has 7 nitrogen and oxygen atoms in total. The van der Waals surface area contributed by atoms with Crippen LogP contribution in [0.1, 0.15) is 18.2 Å². The van der Waals surface area contributed by atoms with Gasteiger partial charge < -0.3 is 10.1 Å². The van der Waals surface area contributed by atoms with E-state index in [-0.39, 0.29) is 30.0 Å². The molecular formula is C16H18FN3O4S. The quantitative estimate of drug-likeness (QED) is 0.869. The summed E-state index contributed by atoms with van der Waals surface area (Å²) in [5.41, 5.74) is 0.680. The van der Waals surface area contributed by atoms with Crippen molar-refractivity contribution in [3.05, 3.63) is 41.8 Å². The zero-order chi connectivity index (χ0) is 18.0. The fourth-order valence-corrected chi connectivity index (χ4v) is 4.41. The van der Waals surface area contributed by atoms with E-state index in [1.54, 1.807) is 17.7 Å². The smallest absolute Gasteiger partial charge is 0.263 e. The average Bonchev–Trinajstić information content (AvgIpc) is 3.08. The molecule has 1 aromatic heterocycles. The van der Waals surface area contributed by atoms with E-state index in [9.17, 15) is 17.6 Å². The molecule has 1 fully saturated rings. The molecule has 1 N–H and O–H groups in total. The van der Waals surface area contributed by atoms with Crippen molar-refractivity contribution in [3.63, 3.8) is 0 Å². The number of nitrogens with one attached hydrogen (secondary N) is 1. The Morgan fingerprint density at radius 2 is 2.12 bits per heavy atom. The van der Waals surface area contributed by atoms with E-state index in [0.29, 0.717) is 23.7 Å². The third-order valence-corrected chi connectivity index (χ3v) is 5.61. The molecule has 0 aliphatic carbocycles.